The van der Waals surface area contributed by atoms with Crippen LogP contribution in [0.15, 0.2) is 66.7 Å². The molecule has 0 atom stereocenters. The van der Waals surface area contributed by atoms with Crippen LogP contribution < -0.4 is 23.7 Å². The topological polar surface area (TPSA) is 80.3 Å². The molecular weight excluding hydrogens is 424 g/mol. The van der Waals surface area contributed by atoms with Gasteiger partial charge < -0.3 is 23.7 Å². The number of allylic oxidation sites excluding steroid dienone is 1. The summed E-state index contributed by atoms with van der Waals surface area (Å²) in [5.74, 6) is 1.23. The first-order chi connectivity index (χ1) is 16.0. The first-order valence-corrected chi connectivity index (χ1v) is 9.98. The molecule has 0 unspecified atom stereocenters. The molecule has 0 radical (unpaired) electrons. The van der Waals surface area contributed by atoms with Crippen molar-refractivity contribution in [2.24, 2.45) is 0 Å². The summed E-state index contributed by atoms with van der Waals surface area (Å²) in [4.78, 5) is 25.3. The van der Waals surface area contributed by atoms with Gasteiger partial charge >= 0.3 is 5.97 Å². The highest BCUT2D eigenvalue weighted by Crippen LogP contribution is 2.30. The minimum atomic E-state index is -0.604. The van der Waals surface area contributed by atoms with Crippen LogP contribution in [0.5, 0.6) is 28.7 Å². The van der Waals surface area contributed by atoms with Crippen molar-refractivity contribution in [3.05, 3.63) is 83.4 Å². The second-order valence-corrected chi connectivity index (χ2v) is 6.76. The lowest BCUT2D eigenvalue weighted by Gasteiger charge is -2.12. The lowest BCUT2D eigenvalue weighted by atomic mass is 10.1. The van der Waals surface area contributed by atoms with Crippen LogP contribution in [0, 0.1) is 0 Å². The zero-order valence-electron chi connectivity index (χ0n) is 18.8. The number of hydrogen-bond acceptors (Lipinski definition) is 7. The summed E-state index contributed by atoms with van der Waals surface area (Å²) in [7, 11) is 5.97. The summed E-state index contributed by atoms with van der Waals surface area (Å²) in [6.45, 7) is 0. The van der Waals surface area contributed by atoms with Gasteiger partial charge in [0.2, 0.25) is 0 Å². The standard InChI is InChI=1S/C26H24O7/c1-29-19-13-15-22(30-2)20(16-19)21(27)14-10-17-8-11-18(12-9-17)33-26(28)25-23(31-3)6-5-7-24(25)32-4/h5-16H,1-4H3/b14-10+. The number of ether oxygens (including phenoxy) is 5. The summed E-state index contributed by atoms with van der Waals surface area (Å²) >= 11 is 0. The first-order valence-electron chi connectivity index (χ1n) is 9.98. The zero-order chi connectivity index (χ0) is 23.8. The molecule has 0 heterocycles. The Balaban J connectivity index is 1.73. The van der Waals surface area contributed by atoms with Gasteiger partial charge in [0.1, 0.15) is 34.3 Å². The van der Waals surface area contributed by atoms with Crippen LogP contribution in [-0.2, 0) is 0 Å². The fraction of sp³-hybridized carbons (Fsp3) is 0.154. The number of esters is 1. The van der Waals surface area contributed by atoms with E-state index < -0.39 is 5.97 Å². The fourth-order valence-electron chi connectivity index (χ4n) is 3.13. The molecule has 33 heavy (non-hydrogen) atoms. The quantitative estimate of drug-likeness (QED) is 0.201. The Hall–Kier alpha value is -4.26. The van der Waals surface area contributed by atoms with Crippen molar-refractivity contribution in [2.75, 3.05) is 28.4 Å². The maximum Gasteiger partial charge on any atom is 0.351 e. The molecule has 0 saturated carbocycles. The van der Waals surface area contributed by atoms with Gasteiger partial charge in [-0.05, 0) is 54.1 Å². The number of methoxy groups -OCH3 is 4. The van der Waals surface area contributed by atoms with Gasteiger partial charge in [0.05, 0.1) is 34.0 Å². The monoisotopic (exact) mass is 448 g/mol. The van der Waals surface area contributed by atoms with Gasteiger partial charge in [-0.3, -0.25) is 4.79 Å². The molecule has 0 aliphatic heterocycles. The zero-order valence-corrected chi connectivity index (χ0v) is 18.8. The van der Waals surface area contributed by atoms with Crippen LogP contribution in [0.4, 0.5) is 0 Å². The van der Waals surface area contributed by atoms with Crippen LogP contribution in [-0.4, -0.2) is 40.2 Å². The summed E-state index contributed by atoms with van der Waals surface area (Å²) in [6, 6.07) is 16.8. The summed E-state index contributed by atoms with van der Waals surface area (Å²) in [5.41, 5.74) is 1.34. The number of benzene rings is 3. The van der Waals surface area contributed by atoms with Gasteiger partial charge in [-0.15, -0.1) is 0 Å². The molecule has 7 heteroatoms. The average Bonchev–Trinajstić information content (AvgIpc) is 2.86. The second-order valence-electron chi connectivity index (χ2n) is 6.76. The SMILES string of the molecule is COc1ccc(OC)c(C(=O)/C=C/c2ccc(OC(=O)c3c(OC)cccc3OC)cc2)c1. The van der Waals surface area contributed by atoms with E-state index in [4.69, 9.17) is 23.7 Å². The Kier molecular flexibility index (Phi) is 7.70. The highest BCUT2D eigenvalue weighted by molar-refractivity contribution is 6.09. The third-order valence-corrected chi connectivity index (χ3v) is 4.82. The molecule has 3 rings (SSSR count). The second kappa shape index (κ2) is 10.9. The molecule has 0 bridgehead atoms. The van der Waals surface area contributed by atoms with Crippen molar-refractivity contribution >= 4 is 17.8 Å². The van der Waals surface area contributed by atoms with Crippen LogP contribution in [0.1, 0.15) is 26.3 Å². The largest absolute Gasteiger partial charge is 0.497 e. The fourth-order valence-corrected chi connectivity index (χ4v) is 3.13. The average molecular weight is 448 g/mol. The number of carbonyl (C=O) groups excluding carboxylic acids is 2. The highest BCUT2D eigenvalue weighted by Gasteiger charge is 2.20. The van der Waals surface area contributed by atoms with Gasteiger partial charge in [0.25, 0.3) is 0 Å². The van der Waals surface area contributed by atoms with E-state index in [1.165, 1.54) is 34.5 Å². The van der Waals surface area contributed by atoms with Crippen molar-refractivity contribution < 1.29 is 33.3 Å². The number of carbonyl (C=O) groups is 2. The van der Waals surface area contributed by atoms with Gasteiger partial charge in [0, 0.05) is 0 Å². The van der Waals surface area contributed by atoms with E-state index in [0.717, 1.165) is 5.56 Å². The normalized spacial score (nSPS) is 10.5. The lowest BCUT2D eigenvalue weighted by molar-refractivity contribution is 0.0727. The maximum atomic E-state index is 12.7. The van der Waals surface area contributed by atoms with Crippen molar-refractivity contribution in [3.8, 4) is 28.7 Å². The molecule has 0 N–H and O–H groups in total. The molecule has 3 aromatic rings. The Labute approximate surface area is 192 Å². The molecule has 0 saturated heterocycles. The number of rotatable bonds is 9. The molecule has 0 spiro atoms. The van der Waals surface area contributed by atoms with E-state index in [1.54, 1.807) is 66.7 Å². The molecule has 0 fully saturated rings. The predicted molar refractivity (Wildman–Crippen MR) is 124 cm³/mol. The smallest absolute Gasteiger partial charge is 0.351 e. The van der Waals surface area contributed by atoms with Crippen LogP contribution >= 0.6 is 0 Å². The molecule has 170 valence electrons. The van der Waals surface area contributed by atoms with E-state index >= 15 is 0 Å². The Morgan fingerprint density at radius 3 is 1.88 bits per heavy atom. The summed E-state index contributed by atoms with van der Waals surface area (Å²) < 4.78 is 26.4. The van der Waals surface area contributed by atoms with Crippen LogP contribution in [0.3, 0.4) is 0 Å². The maximum absolute atomic E-state index is 12.7. The molecule has 0 amide bonds. The lowest BCUT2D eigenvalue weighted by Crippen LogP contribution is -2.11. The van der Waals surface area contributed by atoms with Crippen LogP contribution in [0.25, 0.3) is 6.08 Å². The number of hydrogen-bond donors (Lipinski definition) is 0. The van der Waals surface area contributed by atoms with Gasteiger partial charge in [0.15, 0.2) is 5.78 Å². The Morgan fingerprint density at radius 2 is 1.30 bits per heavy atom. The number of ketones is 1. The van der Waals surface area contributed by atoms with Crippen molar-refractivity contribution in [1.82, 2.24) is 0 Å². The highest BCUT2D eigenvalue weighted by atomic mass is 16.5. The van der Waals surface area contributed by atoms with Crippen LogP contribution in [0.2, 0.25) is 0 Å². The van der Waals surface area contributed by atoms with E-state index in [2.05, 4.69) is 0 Å². The molecule has 0 aliphatic rings. The molecule has 0 aliphatic carbocycles. The minimum absolute atomic E-state index is 0.198. The van der Waals surface area contributed by atoms with E-state index in [-0.39, 0.29) is 11.3 Å². The summed E-state index contributed by atoms with van der Waals surface area (Å²) in [6.07, 6.45) is 3.11. The van der Waals surface area contributed by atoms with Gasteiger partial charge in [-0.2, -0.15) is 0 Å². The third kappa shape index (κ3) is 5.51. The van der Waals surface area contributed by atoms with Crippen molar-refractivity contribution in [1.29, 1.82) is 0 Å². The van der Waals surface area contributed by atoms with E-state index in [0.29, 0.717) is 34.3 Å². The van der Waals surface area contributed by atoms with Crippen molar-refractivity contribution in [3.63, 3.8) is 0 Å². The first kappa shape index (κ1) is 23.4. The molecule has 7 nitrogen and oxygen atoms in total. The van der Waals surface area contributed by atoms with Gasteiger partial charge in [-0.1, -0.05) is 24.3 Å². The summed E-state index contributed by atoms with van der Waals surface area (Å²) in [5, 5.41) is 0. The molecule has 0 aromatic heterocycles. The van der Waals surface area contributed by atoms with E-state index in [9.17, 15) is 9.59 Å². The predicted octanol–water partition coefficient (Wildman–Crippen LogP) is 4.84. The van der Waals surface area contributed by atoms with Crippen molar-refractivity contribution in [2.45, 2.75) is 0 Å². The molecule has 3 aromatic carbocycles. The Morgan fingerprint density at radius 1 is 0.697 bits per heavy atom. The molecular formula is C26H24O7. The van der Waals surface area contributed by atoms with E-state index in [1.807, 2.05) is 0 Å². The third-order valence-electron chi connectivity index (χ3n) is 4.82. The minimum Gasteiger partial charge on any atom is -0.497 e. The Bertz CT molecular complexity index is 1140. The van der Waals surface area contributed by atoms with Gasteiger partial charge in [-0.25, -0.2) is 4.79 Å².